The van der Waals surface area contributed by atoms with Crippen LogP contribution in [0, 0.1) is 11.8 Å². The molecule has 0 bridgehead atoms. The highest BCUT2D eigenvalue weighted by molar-refractivity contribution is 7.99. The van der Waals surface area contributed by atoms with Gasteiger partial charge in [0, 0.05) is 26.2 Å². The fraction of sp³-hybridized carbons (Fsp3) is 0.647. The van der Waals surface area contributed by atoms with Crippen LogP contribution < -0.4 is 0 Å². The number of hydrogen-bond acceptors (Lipinski definition) is 4. The van der Waals surface area contributed by atoms with Gasteiger partial charge in [-0.15, -0.1) is 0 Å². The third-order valence-electron chi connectivity index (χ3n) is 8.36. The number of unbranched alkanes of at least 4 members (excludes halogenated alkanes) is 1. The lowest BCUT2D eigenvalue weighted by Gasteiger charge is -2.32. The number of carbonyl (C=O) groups is 2. The van der Waals surface area contributed by atoms with Crippen LogP contribution in [0.2, 0.25) is 0 Å². The third kappa shape index (κ3) is 9.71. The monoisotopic (exact) mass is 566 g/mol. The van der Waals surface area contributed by atoms with E-state index in [9.17, 15) is 9.59 Å². The molecule has 2 amide bonds. The molecule has 6 heteroatoms. The van der Waals surface area contributed by atoms with Crippen LogP contribution in [0.15, 0.2) is 42.5 Å². The lowest BCUT2D eigenvalue weighted by Crippen LogP contribution is -2.40. The average Bonchev–Trinajstić information content (AvgIpc) is 2.94. The molecule has 2 fully saturated rings. The molecule has 0 atom stereocenters. The Balaban J connectivity index is 1.12. The Kier molecular flexibility index (Phi) is 11.6. The molecule has 0 radical (unpaired) electrons. The van der Waals surface area contributed by atoms with Crippen molar-refractivity contribution in [1.82, 2.24) is 9.80 Å². The van der Waals surface area contributed by atoms with Crippen molar-refractivity contribution >= 4 is 34.5 Å². The molecule has 0 unspecified atom stereocenters. The van der Waals surface area contributed by atoms with Gasteiger partial charge in [-0.2, -0.15) is 11.8 Å². The number of benzene rings is 2. The first kappa shape index (κ1) is 30.7. The number of hydrogen-bond donors (Lipinski definition) is 0. The summed E-state index contributed by atoms with van der Waals surface area (Å²) in [6.45, 7) is 9.24. The molecule has 0 aromatic heterocycles. The highest BCUT2D eigenvalue weighted by Gasteiger charge is 2.26. The number of likely N-dealkylation sites (tertiary alicyclic amines) is 1. The molecule has 220 valence electrons. The summed E-state index contributed by atoms with van der Waals surface area (Å²) >= 11 is 2.04. The Morgan fingerprint density at radius 3 is 2.40 bits per heavy atom. The summed E-state index contributed by atoms with van der Waals surface area (Å²) in [5.41, 5.74) is 0.679. The molecule has 4 rings (SSSR count). The average molecular weight is 567 g/mol. The molecule has 1 saturated carbocycles. The molecule has 1 aliphatic carbocycles. The third-order valence-corrected chi connectivity index (χ3v) is 9.65. The predicted octanol–water partition coefficient (Wildman–Crippen LogP) is 7.95. The number of nitrogens with zero attached hydrogens (tertiary/aromatic N) is 2. The number of ether oxygens (including phenoxy) is 1. The topological polar surface area (TPSA) is 49.9 Å². The van der Waals surface area contributed by atoms with E-state index >= 15 is 0 Å². The van der Waals surface area contributed by atoms with Gasteiger partial charge in [0.2, 0.25) is 5.91 Å². The number of fused-ring (bicyclic) bond motifs is 1. The van der Waals surface area contributed by atoms with Gasteiger partial charge in [-0.3, -0.25) is 4.79 Å². The van der Waals surface area contributed by atoms with Crippen LogP contribution >= 0.6 is 11.8 Å². The molecule has 1 heterocycles. The Bertz CT molecular complexity index is 1080. The molecular formula is C34H50N2O3S. The zero-order valence-electron chi connectivity index (χ0n) is 25.0. The Morgan fingerprint density at radius 2 is 1.65 bits per heavy atom. The zero-order valence-corrected chi connectivity index (χ0v) is 25.9. The maximum atomic E-state index is 13.0. The Morgan fingerprint density at radius 1 is 0.925 bits per heavy atom. The van der Waals surface area contributed by atoms with E-state index in [0.717, 1.165) is 63.2 Å². The molecule has 2 aliphatic rings. The second-order valence-corrected chi connectivity index (χ2v) is 14.0. The number of carbonyl (C=O) groups excluding carboxylic acids is 2. The predicted molar refractivity (Wildman–Crippen MR) is 168 cm³/mol. The maximum absolute atomic E-state index is 13.0. The van der Waals surface area contributed by atoms with Gasteiger partial charge in [0.25, 0.3) is 0 Å². The molecular weight excluding hydrogens is 516 g/mol. The van der Waals surface area contributed by atoms with Crippen molar-refractivity contribution in [2.75, 3.05) is 37.7 Å². The van der Waals surface area contributed by atoms with Crippen molar-refractivity contribution in [1.29, 1.82) is 0 Å². The van der Waals surface area contributed by atoms with Crippen molar-refractivity contribution in [3.05, 3.63) is 48.0 Å². The summed E-state index contributed by atoms with van der Waals surface area (Å²) in [4.78, 5) is 30.0. The van der Waals surface area contributed by atoms with Gasteiger partial charge in [-0.05, 0) is 99.0 Å². The van der Waals surface area contributed by atoms with Crippen molar-refractivity contribution in [3.63, 3.8) is 0 Å². The maximum Gasteiger partial charge on any atom is 0.410 e. The molecule has 5 nitrogen and oxygen atoms in total. The summed E-state index contributed by atoms with van der Waals surface area (Å²) in [5, 5.41) is 2.39. The minimum atomic E-state index is -0.451. The lowest BCUT2D eigenvalue weighted by molar-refractivity contribution is -0.131. The van der Waals surface area contributed by atoms with Crippen LogP contribution in [0.1, 0.15) is 84.1 Å². The van der Waals surface area contributed by atoms with Crippen LogP contribution in [-0.2, 0) is 16.0 Å². The fourth-order valence-corrected chi connectivity index (χ4v) is 7.33. The molecule has 1 saturated heterocycles. The van der Waals surface area contributed by atoms with E-state index in [4.69, 9.17) is 4.74 Å². The quantitative estimate of drug-likeness (QED) is 0.259. The smallest absolute Gasteiger partial charge is 0.410 e. The molecule has 1 aliphatic heterocycles. The van der Waals surface area contributed by atoms with Crippen molar-refractivity contribution in [2.24, 2.45) is 11.8 Å². The number of amides is 2. The molecule has 2 aromatic rings. The van der Waals surface area contributed by atoms with Gasteiger partial charge < -0.3 is 14.5 Å². The summed E-state index contributed by atoms with van der Waals surface area (Å²) in [6.07, 6.45) is 11.1. The van der Waals surface area contributed by atoms with Crippen LogP contribution in [-0.4, -0.2) is 65.1 Å². The van der Waals surface area contributed by atoms with Crippen LogP contribution in [0.5, 0.6) is 0 Å². The first-order valence-corrected chi connectivity index (χ1v) is 16.7. The molecule has 40 heavy (non-hydrogen) atoms. The standard InChI is InChI=1S/C34H50N2O3S/c1-34(2,3)39-33(38)36(25-27-12-5-4-6-13-27)20-9-10-23-40-26-28-18-21-35(22-19-28)32(37)24-30-16-11-15-29-14-7-8-17-31(29)30/h7-8,11,14-17,27-28H,4-6,9-10,12-13,18-26H2,1-3H3. The first-order chi connectivity index (χ1) is 19.3. The molecule has 2 aromatic carbocycles. The van der Waals surface area contributed by atoms with Gasteiger partial charge >= 0.3 is 6.09 Å². The van der Waals surface area contributed by atoms with Gasteiger partial charge in [0.1, 0.15) is 5.60 Å². The van der Waals surface area contributed by atoms with E-state index < -0.39 is 5.60 Å². The van der Waals surface area contributed by atoms with E-state index in [1.165, 1.54) is 48.6 Å². The first-order valence-electron chi connectivity index (χ1n) is 15.6. The van der Waals surface area contributed by atoms with E-state index in [-0.39, 0.29) is 12.0 Å². The van der Waals surface area contributed by atoms with E-state index in [1.807, 2.05) is 49.6 Å². The minimum Gasteiger partial charge on any atom is -0.444 e. The molecule has 0 spiro atoms. The van der Waals surface area contributed by atoms with Crippen LogP contribution in [0.3, 0.4) is 0 Å². The minimum absolute atomic E-state index is 0.146. The summed E-state index contributed by atoms with van der Waals surface area (Å²) in [5.74, 6) is 3.87. The zero-order chi connectivity index (χ0) is 28.4. The Hall–Kier alpha value is -2.21. The lowest BCUT2D eigenvalue weighted by atomic mass is 9.89. The van der Waals surface area contributed by atoms with Crippen LogP contribution in [0.25, 0.3) is 10.8 Å². The normalized spacial score (nSPS) is 17.2. The highest BCUT2D eigenvalue weighted by Crippen LogP contribution is 2.27. The summed E-state index contributed by atoms with van der Waals surface area (Å²) in [6, 6.07) is 14.6. The SMILES string of the molecule is CC(C)(C)OC(=O)N(CCCCSCC1CCN(C(=O)Cc2cccc3ccccc23)CC1)CC1CCCCC1. The summed E-state index contributed by atoms with van der Waals surface area (Å²) < 4.78 is 5.73. The van der Waals surface area contributed by atoms with Crippen LogP contribution in [0.4, 0.5) is 4.79 Å². The largest absolute Gasteiger partial charge is 0.444 e. The van der Waals surface area contributed by atoms with Gasteiger partial charge in [0.15, 0.2) is 0 Å². The van der Waals surface area contributed by atoms with E-state index in [1.54, 1.807) is 0 Å². The van der Waals surface area contributed by atoms with E-state index in [2.05, 4.69) is 35.2 Å². The van der Waals surface area contributed by atoms with Gasteiger partial charge in [0.05, 0.1) is 6.42 Å². The molecule has 0 N–H and O–H groups in total. The van der Waals surface area contributed by atoms with Crippen molar-refractivity contribution < 1.29 is 14.3 Å². The van der Waals surface area contributed by atoms with Crippen molar-refractivity contribution in [3.8, 4) is 0 Å². The number of piperidine rings is 1. The second-order valence-electron chi connectivity index (χ2n) is 12.9. The van der Waals surface area contributed by atoms with Crippen molar-refractivity contribution in [2.45, 2.75) is 90.6 Å². The highest BCUT2D eigenvalue weighted by atomic mass is 32.2. The number of rotatable bonds is 11. The Labute approximate surface area is 246 Å². The van der Waals surface area contributed by atoms with Gasteiger partial charge in [-0.25, -0.2) is 4.79 Å². The second kappa shape index (κ2) is 15.1. The fourth-order valence-electron chi connectivity index (χ4n) is 6.09. The number of thioether (sulfide) groups is 1. The summed E-state index contributed by atoms with van der Waals surface area (Å²) in [7, 11) is 0. The van der Waals surface area contributed by atoms with E-state index in [0.29, 0.717) is 18.3 Å². The van der Waals surface area contributed by atoms with Gasteiger partial charge in [-0.1, -0.05) is 61.7 Å².